The minimum absolute atomic E-state index is 0.198. The molecule has 38 heavy (non-hydrogen) atoms. The topological polar surface area (TPSA) is 94.0 Å². The van der Waals surface area contributed by atoms with Gasteiger partial charge in [-0.05, 0) is 51.4 Å². The lowest BCUT2D eigenvalue weighted by Gasteiger charge is -2.36. The second kappa shape index (κ2) is 11.6. The number of anilines is 2. The van der Waals surface area contributed by atoms with E-state index in [9.17, 15) is 14.0 Å². The molecule has 4 bridgehead atoms. The van der Waals surface area contributed by atoms with Gasteiger partial charge in [-0.1, -0.05) is 12.8 Å². The highest BCUT2D eigenvalue weighted by atomic mass is 19.1. The summed E-state index contributed by atoms with van der Waals surface area (Å²) < 4.78 is 14.8. The number of aliphatic imine (C=N–C) groups is 1. The van der Waals surface area contributed by atoms with Crippen LogP contribution in [-0.4, -0.2) is 76.6 Å². The first kappa shape index (κ1) is 26.2. The van der Waals surface area contributed by atoms with E-state index in [1.54, 1.807) is 18.3 Å². The maximum atomic E-state index is 14.8. The Morgan fingerprint density at radius 2 is 1.74 bits per heavy atom. The van der Waals surface area contributed by atoms with Crippen LogP contribution < -0.4 is 10.2 Å². The summed E-state index contributed by atoms with van der Waals surface area (Å²) in [6.45, 7) is 8.12. The highest BCUT2D eigenvalue weighted by molar-refractivity contribution is 6.13. The molecule has 10 heteroatoms. The molecule has 1 atom stereocenters. The van der Waals surface area contributed by atoms with Gasteiger partial charge in [0.15, 0.2) is 0 Å². The summed E-state index contributed by atoms with van der Waals surface area (Å²) in [6.07, 6.45) is 7.55. The number of benzene rings is 1. The van der Waals surface area contributed by atoms with E-state index in [4.69, 9.17) is 0 Å². The standard InChI is InChI=1S/C28H36FN7O2/c1-19(2)36-10-6-4-3-5-7-24(37)34-11-13-35(14-12-34)27-25-22(28(38)33-26(25)31-18-32-27)16-30-21-8-9-23(29)20(15-21)17-36/h8-9,15-16,18-19,22H,3-7,10-14,17H2,1-2H3,(H,31,32,33,38). The molecule has 0 radical (unpaired) electrons. The van der Waals surface area contributed by atoms with Crippen LogP contribution in [0.3, 0.4) is 0 Å². The van der Waals surface area contributed by atoms with E-state index < -0.39 is 5.92 Å². The number of amides is 2. The molecule has 0 spiro atoms. The first-order valence-corrected chi connectivity index (χ1v) is 13.7. The van der Waals surface area contributed by atoms with E-state index >= 15 is 0 Å². The van der Waals surface area contributed by atoms with Crippen molar-refractivity contribution in [2.45, 2.75) is 64.5 Å². The predicted octanol–water partition coefficient (Wildman–Crippen LogP) is 3.88. The van der Waals surface area contributed by atoms with Gasteiger partial charge in [-0.2, -0.15) is 0 Å². The number of carbonyl (C=O) groups is 2. The Kier molecular flexibility index (Phi) is 7.97. The molecule has 9 nitrogen and oxygen atoms in total. The second-order valence-corrected chi connectivity index (χ2v) is 10.6. The smallest absolute Gasteiger partial charge is 0.238 e. The highest BCUT2D eigenvalue weighted by Crippen LogP contribution is 2.37. The molecule has 5 heterocycles. The van der Waals surface area contributed by atoms with Crippen LogP contribution in [0.15, 0.2) is 29.5 Å². The van der Waals surface area contributed by atoms with E-state index in [2.05, 4.69) is 43.9 Å². The first-order valence-electron chi connectivity index (χ1n) is 13.7. The van der Waals surface area contributed by atoms with E-state index in [1.807, 2.05) is 4.90 Å². The first-order chi connectivity index (χ1) is 18.4. The van der Waals surface area contributed by atoms with E-state index in [1.165, 1.54) is 12.4 Å². The number of piperazine rings is 1. The van der Waals surface area contributed by atoms with Crippen LogP contribution >= 0.6 is 0 Å². The Bertz CT molecular complexity index is 1210. The Morgan fingerprint density at radius 3 is 2.53 bits per heavy atom. The van der Waals surface area contributed by atoms with Gasteiger partial charge >= 0.3 is 0 Å². The summed E-state index contributed by atoms with van der Waals surface area (Å²) in [5, 5.41) is 2.85. The molecule has 1 fully saturated rings. The van der Waals surface area contributed by atoms with E-state index in [0.717, 1.165) is 32.2 Å². The maximum absolute atomic E-state index is 14.8. The summed E-state index contributed by atoms with van der Waals surface area (Å²) in [5.41, 5.74) is 1.88. The third-order valence-corrected chi connectivity index (χ3v) is 7.72. The van der Waals surface area contributed by atoms with Crippen molar-refractivity contribution < 1.29 is 14.0 Å². The van der Waals surface area contributed by atoms with Gasteiger partial charge in [-0.25, -0.2) is 14.4 Å². The number of aromatic nitrogens is 2. The molecule has 1 saturated heterocycles. The molecular formula is C28H36FN7O2. The summed E-state index contributed by atoms with van der Waals surface area (Å²) in [4.78, 5) is 45.5. The van der Waals surface area contributed by atoms with Gasteiger partial charge in [0, 0.05) is 57.0 Å². The number of hydrogen-bond donors (Lipinski definition) is 1. The van der Waals surface area contributed by atoms with Crippen molar-refractivity contribution in [3.05, 3.63) is 41.5 Å². The quantitative estimate of drug-likeness (QED) is 0.612. The summed E-state index contributed by atoms with van der Waals surface area (Å²) >= 11 is 0. The molecular weight excluding hydrogens is 485 g/mol. The molecule has 6 rings (SSSR count). The average molecular weight is 522 g/mol. The fourth-order valence-electron chi connectivity index (χ4n) is 5.42. The maximum Gasteiger partial charge on any atom is 0.238 e. The molecule has 2 amide bonds. The molecule has 1 aromatic heterocycles. The van der Waals surface area contributed by atoms with Crippen molar-refractivity contribution in [1.29, 1.82) is 0 Å². The van der Waals surface area contributed by atoms with Crippen molar-refractivity contribution >= 4 is 35.4 Å². The summed E-state index contributed by atoms with van der Waals surface area (Å²) in [7, 11) is 0. The van der Waals surface area contributed by atoms with Gasteiger partial charge in [-0.3, -0.25) is 19.5 Å². The lowest BCUT2D eigenvalue weighted by molar-refractivity contribution is -0.131. The van der Waals surface area contributed by atoms with Crippen LogP contribution in [0.4, 0.5) is 21.7 Å². The normalized spacial score (nSPS) is 21.4. The summed E-state index contributed by atoms with van der Waals surface area (Å²) in [6, 6.07) is 5.12. The second-order valence-electron chi connectivity index (χ2n) is 10.6. The molecule has 1 aromatic carbocycles. The molecule has 2 aromatic rings. The number of nitrogens with one attached hydrogen (secondary N) is 1. The van der Waals surface area contributed by atoms with Crippen LogP contribution in [0.5, 0.6) is 0 Å². The Balaban J connectivity index is 1.46. The monoisotopic (exact) mass is 521 g/mol. The number of rotatable bonds is 1. The minimum atomic E-state index is -0.657. The molecule has 202 valence electrons. The summed E-state index contributed by atoms with van der Waals surface area (Å²) in [5.74, 6) is 0.242. The van der Waals surface area contributed by atoms with E-state index in [0.29, 0.717) is 67.6 Å². The van der Waals surface area contributed by atoms with Gasteiger partial charge < -0.3 is 15.1 Å². The Morgan fingerprint density at radius 1 is 0.974 bits per heavy atom. The minimum Gasteiger partial charge on any atom is -0.353 e. The lowest BCUT2D eigenvalue weighted by atomic mass is 10.0. The number of halogens is 1. The highest BCUT2D eigenvalue weighted by Gasteiger charge is 2.36. The Hall–Kier alpha value is -3.40. The van der Waals surface area contributed by atoms with Gasteiger partial charge in [0.1, 0.15) is 29.7 Å². The fourth-order valence-corrected chi connectivity index (χ4v) is 5.42. The zero-order valence-corrected chi connectivity index (χ0v) is 22.2. The third-order valence-electron chi connectivity index (χ3n) is 7.72. The van der Waals surface area contributed by atoms with Crippen molar-refractivity contribution in [3.63, 3.8) is 0 Å². The zero-order valence-electron chi connectivity index (χ0n) is 22.2. The number of nitrogens with zero attached hydrogens (tertiary/aromatic N) is 6. The SMILES string of the molecule is CC(C)N1CCCCCCC(=O)N2CCN(CC2)c2ncnc3c2C(C=Nc2ccc(F)c(c2)C1)C(=O)N3. The third kappa shape index (κ3) is 5.70. The van der Waals surface area contributed by atoms with Crippen LogP contribution in [0.2, 0.25) is 0 Å². The van der Waals surface area contributed by atoms with Crippen LogP contribution in [0, 0.1) is 5.82 Å². The number of carbonyl (C=O) groups excluding carboxylic acids is 2. The van der Waals surface area contributed by atoms with Crippen LogP contribution in [0.1, 0.15) is 63.0 Å². The number of hydrogen-bond acceptors (Lipinski definition) is 7. The Labute approximate surface area is 223 Å². The molecule has 0 saturated carbocycles. The predicted molar refractivity (Wildman–Crippen MR) is 145 cm³/mol. The van der Waals surface area contributed by atoms with Gasteiger partial charge in [-0.15, -0.1) is 0 Å². The van der Waals surface area contributed by atoms with Crippen molar-refractivity contribution in [2.75, 3.05) is 42.9 Å². The largest absolute Gasteiger partial charge is 0.353 e. The lowest BCUT2D eigenvalue weighted by Crippen LogP contribution is -2.49. The van der Waals surface area contributed by atoms with Crippen molar-refractivity contribution in [2.24, 2.45) is 4.99 Å². The van der Waals surface area contributed by atoms with Crippen molar-refractivity contribution in [1.82, 2.24) is 19.8 Å². The van der Waals surface area contributed by atoms with Gasteiger partial charge in [0.05, 0.1) is 11.3 Å². The molecule has 1 N–H and O–H groups in total. The molecule has 1 unspecified atom stereocenters. The molecule has 4 aliphatic heterocycles. The molecule has 4 aliphatic rings. The van der Waals surface area contributed by atoms with Gasteiger partial charge in [0.2, 0.25) is 11.8 Å². The van der Waals surface area contributed by atoms with Crippen LogP contribution in [-0.2, 0) is 16.1 Å². The molecule has 0 aliphatic carbocycles. The fraction of sp³-hybridized carbons (Fsp3) is 0.536. The zero-order chi connectivity index (χ0) is 26.6. The van der Waals surface area contributed by atoms with Crippen LogP contribution in [0.25, 0.3) is 0 Å². The number of fused-ring (bicyclic) bond motifs is 10. The van der Waals surface area contributed by atoms with E-state index in [-0.39, 0.29) is 23.7 Å². The van der Waals surface area contributed by atoms with Gasteiger partial charge in [0.25, 0.3) is 0 Å². The average Bonchev–Trinajstić information content (AvgIpc) is 3.24. The van der Waals surface area contributed by atoms with Crippen molar-refractivity contribution in [3.8, 4) is 0 Å².